The van der Waals surface area contributed by atoms with Crippen LogP contribution in [-0.4, -0.2) is 23.9 Å². The van der Waals surface area contributed by atoms with E-state index in [0.717, 1.165) is 30.6 Å². The van der Waals surface area contributed by atoms with E-state index in [1.807, 2.05) is 18.2 Å². The molecule has 2 fully saturated rings. The Morgan fingerprint density at radius 3 is 2.85 bits per heavy atom. The number of aliphatic hydroxyl groups is 1. The van der Waals surface area contributed by atoms with E-state index in [1.165, 1.54) is 12.8 Å². The van der Waals surface area contributed by atoms with E-state index in [2.05, 4.69) is 6.07 Å². The molecule has 3 heteroatoms. The van der Waals surface area contributed by atoms with Gasteiger partial charge in [0.15, 0.2) is 0 Å². The second-order valence-corrected chi connectivity index (χ2v) is 6.89. The largest absolute Gasteiger partial charge is 0.493 e. The number of benzene rings is 1. The van der Waals surface area contributed by atoms with E-state index in [0.29, 0.717) is 25.0 Å². The van der Waals surface area contributed by atoms with Crippen LogP contribution in [0.15, 0.2) is 24.3 Å². The quantitative estimate of drug-likeness (QED) is 0.868. The van der Waals surface area contributed by atoms with Crippen molar-refractivity contribution >= 4 is 0 Å². The lowest BCUT2D eigenvalue weighted by molar-refractivity contribution is -0.0929. The molecule has 1 aliphatic heterocycles. The molecule has 2 aliphatic carbocycles. The van der Waals surface area contributed by atoms with Gasteiger partial charge in [-0.25, -0.2) is 0 Å². The van der Waals surface area contributed by atoms with Gasteiger partial charge in [0.1, 0.15) is 5.75 Å². The third kappa shape index (κ3) is 1.43. The minimum Gasteiger partial charge on any atom is -0.493 e. The maximum Gasteiger partial charge on any atom is 0.123 e. The molecule has 1 heterocycles. The normalized spacial score (nSPS) is 42.3. The highest BCUT2D eigenvalue weighted by Crippen LogP contribution is 2.60. The lowest BCUT2D eigenvalue weighted by atomic mass is 9.58. The zero-order valence-electron chi connectivity index (χ0n) is 11.8. The Morgan fingerprint density at radius 2 is 2.15 bits per heavy atom. The van der Waals surface area contributed by atoms with Crippen molar-refractivity contribution in [1.29, 1.82) is 0 Å². The van der Waals surface area contributed by atoms with Gasteiger partial charge >= 0.3 is 0 Å². The number of nitrogens with two attached hydrogens (primary N) is 1. The molecule has 0 spiro atoms. The van der Waals surface area contributed by atoms with Crippen LogP contribution in [-0.2, 0) is 5.41 Å². The standard InChI is InChI=1S/C17H23NO2/c18-11-16(17(19)10-12-5-6-13(17)9-12)7-8-20-15-4-2-1-3-14(15)16/h1-4,12-13,19H,5-11,18H2. The number of hydrogen-bond donors (Lipinski definition) is 2. The van der Waals surface area contributed by atoms with Crippen molar-refractivity contribution in [2.45, 2.75) is 43.1 Å². The Bertz CT molecular complexity index is 531. The molecule has 4 unspecified atom stereocenters. The predicted octanol–water partition coefficient (Wildman–Crippen LogP) is 2.22. The summed E-state index contributed by atoms with van der Waals surface area (Å²) in [6.45, 7) is 1.17. The molecule has 108 valence electrons. The lowest BCUT2D eigenvalue weighted by Crippen LogP contribution is -2.60. The third-order valence-corrected chi connectivity index (χ3v) is 6.18. The molecule has 4 rings (SSSR count). The number of ether oxygens (including phenoxy) is 1. The van der Waals surface area contributed by atoms with E-state index in [9.17, 15) is 5.11 Å². The molecule has 4 atom stereocenters. The topological polar surface area (TPSA) is 55.5 Å². The zero-order valence-corrected chi connectivity index (χ0v) is 11.8. The minimum atomic E-state index is -0.634. The summed E-state index contributed by atoms with van der Waals surface area (Å²) in [6.07, 6.45) is 5.38. The van der Waals surface area contributed by atoms with Gasteiger partial charge in [0.2, 0.25) is 0 Å². The molecule has 2 saturated carbocycles. The summed E-state index contributed by atoms with van der Waals surface area (Å²) in [5, 5.41) is 11.6. The molecule has 1 aromatic carbocycles. The van der Waals surface area contributed by atoms with Gasteiger partial charge in [0.25, 0.3) is 0 Å². The van der Waals surface area contributed by atoms with E-state index in [4.69, 9.17) is 10.5 Å². The van der Waals surface area contributed by atoms with Gasteiger partial charge in [-0.2, -0.15) is 0 Å². The summed E-state index contributed by atoms with van der Waals surface area (Å²) in [5.74, 6) is 2.03. The highest BCUT2D eigenvalue weighted by molar-refractivity contribution is 5.45. The van der Waals surface area contributed by atoms with Crippen LogP contribution in [0.25, 0.3) is 0 Å². The van der Waals surface area contributed by atoms with Crippen molar-refractivity contribution in [3.05, 3.63) is 29.8 Å². The molecule has 3 aliphatic rings. The Morgan fingerprint density at radius 1 is 1.30 bits per heavy atom. The van der Waals surface area contributed by atoms with Crippen molar-refractivity contribution in [2.24, 2.45) is 17.6 Å². The third-order valence-electron chi connectivity index (χ3n) is 6.18. The Balaban J connectivity index is 1.85. The number of fused-ring (bicyclic) bond motifs is 3. The van der Waals surface area contributed by atoms with Gasteiger partial charge in [0, 0.05) is 17.5 Å². The van der Waals surface area contributed by atoms with Gasteiger partial charge in [0.05, 0.1) is 12.2 Å². The van der Waals surface area contributed by atoms with Crippen molar-refractivity contribution in [3.63, 3.8) is 0 Å². The van der Waals surface area contributed by atoms with Crippen LogP contribution in [0.2, 0.25) is 0 Å². The molecule has 20 heavy (non-hydrogen) atoms. The van der Waals surface area contributed by atoms with Gasteiger partial charge < -0.3 is 15.6 Å². The second-order valence-electron chi connectivity index (χ2n) is 6.89. The smallest absolute Gasteiger partial charge is 0.123 e. The van der Waals surface area contributed by atoms with Crippen molar-refractivity contribution in [3.8, 4) is 5.75 Å². The molecular weight excluding hydrogens is 250 g/mol. The first-order valence-electron chi connectivity index (χ1n) is 7.84. The second kappa shape index (κ2) is 4.22. The lowest BCUT2D eigenvalue weighted by Gasteiger charge is -2.52. The first-order chi connectivity index (χ1) is 9.69. The van der Waals surface area contributed by atoms with Crippen molar-refractivity contribution in [2.75, 3.05) is 13.2 Å². The van der Waals surface area contributed by atoms with Crippen LogP contribution in [0.5, 0.6) is 5.75 Å². The Hall–Kier alpha value is -1.06. The Kier molecular flexibility index (Phi) is 2.67. The van der Waals surface area contributed by atoms with Crippen LogP contribution >= 0.6 is 0 Å². The molecule has 3 nitrogen and oxygen atoms in total. The average Bonchev–Trinajstić information content (AvgIpc) is 3.07. The van der Waals surface area contributed by atoms with Crippen LogP contribution in [0.4, 0.5) is 0 Å². The summed E-state index contributed by atoms with van der Waals surface area (Å²) in [4.78, 5) is 0. The van der Waals surface area contributed by atoms with Crippen molar-refractivity contribution in [1.82, 2.24) is 0 Å². The summed E-state index contributed by atoms with van der Waals surface area (Å²) < 4.78 is 5.80. The van der Waals surface area contributed by atoms with E-state index in [-0.39, 0.29) is 5.41 Å². The number of para-hydroxylation sites is 1. The van der Waals surface area contributed by atoms with Gasteiger partial charge in [-0.3, -0.25) is 0 Å². The van der Waals surface area contributed by atoms with Gasteiger partial charge in [-0.05, 0) is 50.0 Å². The molecule has 1 aromatic rings. The fraction of sp³-hybridized carbons (Fsp3) is 0.647. The molecule has 0 aromatic heterocycles. The fourth-order valence-corrected chi connectivity index (χ4v) is 5.18. The summed E-state index contributed by atoms with van der Waals surface area (Å²) >= 11 is 0. The monoisotopic (exact) mass is 273 g/mol. The van der Waals surface area contributed by atoms with Crippen molar-refractivity contribution < 1.29 is 9.84 Å². The maximum atomic E-state index is 11.6. The zero-order chi connectivity index (χ0) is 13.8. The van der Waals surface area contributed by atoms with Crippen LogP contribution in [0.1, 0.15) is 37.7 Å². The number of rotatable bonds is 2. The van der Waals surface area contributed by atoms with Crippen LogP contribution in [0.3, 0.4) is 0 Å². The fourth-order valence-electron chi connectivity index (χ4n) is 5.18. The maximum absolute atomic E-state index is 11.6. The van der Waals surface area contributed by atoms with E-state index >= 15 is 0 Å². The summed E-state index contributed by atoms with van der Waals surface area (Å²) in [6, 6.07) is 8.14. The summed E-state index contributed by atoms with van der Waals surface area (Å²) in [5.41, 5.74) is 6.41. The van der Waals surface area contributed by atoms with Gasteiger partial charge in [-0.1, -0.05) is 18.2 Å². The SMILES string of the molecule is NCC1(C2(O)CC3CCC2C3)CCOc2ccccc21. The van der Waals surface area contributed by atoms with Crippen LogP contribution in [0, 0.1) is 11.8 Å². The first kappa shape index (κ1) is 12.7. The minimum absolute atomic E-state index is 0.318. The highest BCUT2D eigenvalue weighted by atomic mass is 16.5. The molecule has 0 radical (unpaired) electrons. The van der Waals surface area contributed by atoms with E-state index < -0.39 is 5.60 Å². The predicted molar refractivity (Wildman–Crippen MR) is 77.7 cm³/mol. The molecule has 0 amide bonds. The first-order valence-corrected chi connectivity index (χ1v) is 7.84. The van der Waals surface area contributed by atoms with Gasteiger partial charge in [-0.15, -0.1) is 0 Å². The molecule has 3 N–H and O–H groups in total. The average molecular weight is 273 g/mol. The molecule has 2 bridgehead atoms. The number of hydrogen-bond acceptors (Lipinski definition) is 3. The summed E-state index contributed by atoms with van der Waals surface area (Å²) in [7, 11) is 0. The Labute approximate surface area is 120 Å². The van der Waals surface area contributed by atoms with E-state index in [1.54, 1.807) is 0 Å². The molecular formula is C17H23NO2. The highest BCUT2D eigenvalue weighted by Gasteiger charge is 2.62. The molecule has 0 saturated heterocycles. The van der Waals surface area contributed by atoms with Crippen LogP contribution < -0.4 is 10.5 Å².